The molecule has 2 heterocycles. The molecule has 1 amide bonds. The number of benzene rings is 1. The fraction of sp³-hybridized carbons (Fsp3) is 0.588. The van der Waals surface area contributed by atoms with Gasteiger partial charge in [-0.15, -0.1) is 0 Å². The number of para-hydroxylation sites is 1. The molecule has 0 spiro atoms. The van der Waals surface area contributed by atoms with Gasteiger partial charge in [-0.1, -0.05) is 25.1 Å². The van der Waals surface area contributed by atoms with E-state index >= 15 is 0 Å². The Morgan fingerprint density at radius 1 is 1.25 bits per heavy atom. The van der Waals surface area contributed by atoms with Gasteiger partial charge in [0.05, 0.1) is 0 Å². The largest absolute Gasteiger partial charge is 0.314 e. The maximum atomic E-state index is 12.9. The van der Waals surface area contributed by atoms with E-state index in [1.54, 1.807) is 0 Å². The van der Waals surface area contributed by atoms with E-state index in [-0.39, 0.29) is 5.92 Å². The van der Waals surface area contributed by atoms with Gasteiger partial charge in [-0.05, 0) is 50.3 Å². The molecular formula is C17H24N2O. The van der Waals surface area contributed by atoms with Gasteiger partial charge in [-0.25, -0.2) is 0 Å². The molecule has 0 bridgehead atoms. The van der Waals surface area contributed by atoms with E-state index < -0.39 is 0 Å². The lowest BCUT2D eigenvalue weighted by Crippen LogP contribution is -2.46. The van der Waals surface area contributed by atoms with Crippen LogP contribution in [0.5, 0.6) is 0 Å². The van der Waals surface area contributed by atoms with Gasteiger partial charge in [-0.3, -0.25) is 4.79 Å². The van der Waals surface area contributed by atoms with Gasteiger partial charge in [0.1, 0.15) is 0 Å². The van der Waals surface area contributed by atoms with E-state index in [2.05, 4.69) is 37.4 Å². The van der Waals surface area contributed by atoms with Gasteiger partial charge in [0, 0.05) is 24.2 Å². The molecule has 2 aliphatic rings. The van der Waals surface area contributed by atoms with Gasteiger partial charge in [-0.2, -0.15) is 0 Å². The fourth-order valence-corrected chi connectivity index (χ4v) is 3.55. The second kappa shape index (κ2) is 5.57. The van der Waals surface area contributed by atoms with Crippen LogP contribution < -0.4 is 10.2 Å². The molecule has 0 radical (unpaired) electrons. The van der Waals surface area contributed by atoms with Gasteiger partial charge in [0.25, 0.3) is 0 Å². The van der Waals surface area contributed by atoms with Crippen molar-refractivity contribution in [3.8, 4) is 0 Å². The summed E-state index contributed by atoms with van der Waals surface area (Å²) in [6.45, 7) is 6.26. The summed E-state index contributed by atoms with van der Waals surface area (Å²) in [4.78, 5) is 14.9. The van der Waals surface area contributed by atoms with Crippen LogP contribution in [0.2, 0.25) is 0 Å². The van der Waals surface area contributed by atoms with Crippen molar-refractivity contribution in [3.05, 3.63) is 29.8 Å². The minimum Gasteiger partial charge on any atom is -0.314 e. The first kappa shape index (κ1) is 13.6. The molecule has 108 valence electrons. The van der Waals surface area contributed by atoms with Crippen LogP contribution in [0.4, 0.5) is 5.69 Å². The first-order valence-electron chi connectivity index (χ1n) is 7.80. The van der Waals surface area contributed by atoms with Gasteiger partial charge < -0.3 is 10.2 Å². The van der Waals surface area contributed by atoms with Crippen molar-refractivity contribution in [2.45, 2.75) is 45.1 Å². The summed E-state index contributed by atoms with van der Waals surface area (Å²) in [5.41, 5.74) is 2.47. The number of piperidine rings is 1. The van der Waals surface area contributed by atoms with Crippen molar-refractivity contribution in [1.29, 1.82) is 0 Å². The molecule has 3 atom stereocenters. The van der Waals surface area contributed by atoms with Crippen LogP contribution in [0.15, 0.2) is 24.3 Å². The van der Waals surface area contributed by atoms with E-state index in [1.807, 2.05) is 11.0 Å². The lowest BCUT2D eigenvalue weighted by molar-refractivity contribution is -0.123. The van der Waals surface area contributed by atoms with Crippen LogP contribution in [0.25, 0.3) is 0 Å². The third-order valence-electron chi connectivity index (χ3n) is 4.78. The zero-order valence-corrected chi connectivity index (χ0v) is 12.4. The molecule has 3 heteroatoms. The van der Waals surface area contributed by atoms with Gasteiger partial charge in [0.15, 0.2) is 0 Å². The maximum absolute atomic E-state index is 12.9. The average Bonchev–Trinajstić information content (AvgIpc) is 2.47. The van der Waals surface area contributed by atoms with Gasteiger partial charge in [0.2, 0.25) is 5.91 Å². The zero-order chi connectivity index (χ0) is 14.1. The highest BCUT2D eigenvalue weighted by Gasteiger charge is 2.32. The Bertz CT molecular complexity index is 500. The van der Waals surface area contributed by atoms with Crippen LogP contribution in [0.1, 0.15) is 44.6 Å². The molecule has 2 aliphatic heterocycles. The van der Waals surface area contributed by atoms with Crippen LogP contribution in [-0.2, 0) is 4.79 Å². The number of hydrogen-bond donors (Lipinski definition) is 1. The molecule has 1 N–H and O–H groups in total. The molecule has 1 saturated heterocycles. The molecule has 0 saturated carbocycles. The molecular weight excluding hydrogens is 248 g/mol. The lowest BCUT2D eigenvalue weighted by Gasteiger charge is -2.37. The van der Waals surface area contributed by atoms with Crippen molar-refractivity contribution in [2.75, 3.05) is 18.0 Å². The Labute approximate surface area is 121 Å². The Hall–Kier alpha value is -1.35. The quantitative estimate of drug-likeness (QED) is 0.852. The molecule has 3 nitrogen and oxygen atoms in total. The summed E-state index contributed by atoms with van der Waals surface area (Å²) in [5, 5.41) is 3.43. The van der Waals surface area contributed by atoms with Gasteiger partial charge >= 0.3 is 0 Å². The van der Waals surface area contributed by atoms with Crippen molar-refractivity contribution in [3.63, 3.8) is 0 Å². The summed E-state index contributed by atoms with van der Waals surface area (Å²) in [6, 6.07) is 8.85. The highest BCUT2D eigenvalue weighted by molar-refractivity contribution is 5.96. The van der Waals surface area contributed by atoms with Crippen molar-refractivity contribution >= 4 is 11.6 Å². The fourth-order valence-electron chi connectivity index (χ4n) is 3.55. The number of amides is 1. The van der Waals surface area contributed by atoms with E-state index in [9.17, 15) is 4.79 Å². The Morgan fingerprint density at radius 3 is 2.85 bits per heavy atom. The van der Waals surface area contributed by atoms with Crippen LogP contribution in [-0.4, -0.2) is 25.0 Å². The Morgan fingerprint density at radius 2 is 2.05 bits per heavy atom. The second-order valence-corrected chi connectivity index (χ2v) is 6.31. The van der Waals surface area contributed by atoms with E-state index in [0.717, 1.165) is 38.0 Å². The topological polar surface area (TPSA) is 32.3 Å². The maximum Gasteiger partial charge on any atom is 0.230 e. The number of carbonyl (C=O) groups excluding carboxylic acids is 1. The molecule has 1 fully saturated rings. The highest BCUT2D eigenvalue weighted by atomic mass is 16.2. The molecule has 0 aliphatic carbocycles. The number of nitrogens with one attached hydrogen (secondary N) is 1. The van der Waals surface area contributed by atoms with Crippen molar-refractivity contribution in [2.24, 2.45) is 5.92 Å². The van der Waals surface area contributed by atoms with E-state index in [4.69, 9.17) is 0 Å². The third-order valence-corrected chi connectivity index (χ3v) is 4.78. The minimum atomic E-state index is 0.188. The van der Waals surface area contributed by atoms with Crippen LogP contribution in [0.3, 0.4) is 0 Å². The third kappa shape index (κ3) is 2.47. The molecule has 0 aromatic heterocycles. The van der Waals surface area contributed by atoms with Crippen LogP contribution >= 0.6 is 0 Å². The summed E-state index contributed by atoms with van der Waals surface area (Å²) < 4.78 is 0. The smallest absolute Gasteiger partial charge is 0.230 e. The molecule has 3 rings (SSSR count). The predicted molar refractivity (Wildman–Crippen MR) is 82.0 cm³/mol. The lowest BCUT2D eigenvalue weighted by atomic mass is 9.88. The van der Waals surface area contributed by atoms with Crippen molar-refractivity contribution in [1.82, 2.24) is 5.32 Å². The number of hydrogen-bond acceptors (Lipinski definition) is 2. The monoisotopic (exact) mass is 272 g/mol. The standard InChI is InChI=1S/C17H24N2O/c1-12-8-10-19(16-6-4-3-5-15(12)16)17(20)14-7-9-18-13(2)11-14/h3-6,12-14,18H,7-11H2,1-2H3/t12?,13-,14-/m0/s1. The predicted octanol–water partition coefficient (Wildman–Crippen LogP) is 2.91. The number of fused-ring (bicyclic) bond motifs is 1. The minimum absolute atomic E-state index is 0.188. The normalized spacial score (nSPS) is 29.9. The number of rotatable bonds is 1. The summed E-state index contributed by atoms with van der Waals surface area (Å²) in [7, 11) is 0. The van der Waals surface area contributed by atoms with Crippen LogP contribution in [0, 0.1) is 5.92 Å². The van der Waals surface area contributed by atoms with Crippen molar-refractivity contribution < 1.29 is 4.79 Å². The second-order valence-electron chi connectivity index (χ2n) is 6.31. The molecule has 1 aromatic carbocycles. The first-order chi connectivity index (χ1) is 9.66. The Kier molecular flexibility index (Phi) is 3.79. The Balaban J connectivity index is 1.84. The zero-order valence-electron chi connectivity index (χ0n) is 12.4. The SMILES string of the molecule is CC1CCN(C(=O)[C@H]2CCN[C@@H](C)C2)c2ccccc21. The first-order valence-corrected chi connectivity index (χ1v) is 7.80. The highest BCUT2D eigenvalue weighted by Crippen LogP contribution is 2.36. The molecule has 1 unspecified atom stereocenters. The summed E-state index contributed by atoms with van der Waals surface area (Å²) >= 11 is 0. The summed E-state index contributed by atoms with van der Waals surface area (Å²) in [5.74, 6) is 1.08. The number of nitrogens with zero attached hydrogens (tertiary/aromatic N) is 1. The summed E-state index contributed by atoms with van der Waals surface area (Å²) in [6.07, 6.45) is 3.01. The molecule has 1 aromatic rings. The number of carbonyl (C=O) groups is 1. The van der Waals surface area contributed by atoms with E-state index in [1.165, 1.54) is 5.56 Å². The molecule has 20 heavy (non-hydrogen) atoms. The average molecular weight is 272 g/mol. The number of anilines is 1. The van der Waals surface area contributed by atoms with E-state index in [0.29, 0.717) is 17.9 Å².